The second kappa shape index (κ2) is 5.73. The zero-order valence-corrected chi connectivity index (χ0v) is 11.1. The van der Waals surface area contributed by atoms with Crippen molar-refractivity contribution in [3.05, 3.63) is 34.9 Å². The predicted molar refractivity (Wildman–Crippen MR) is 66.2 cm³/mol. The van der Waals surface area contributed by atoms with Crippen molar-refractivity contribution in [3.63, 3.8) is 0 Å². The number of hydrogen-bond acceptors (Lipinski definition) is 4. The molecular formula is C12H14ClNO4. The van der Waals surface area contributed by atoms with Crippen LogP contribution in [0.3, 0.4) is 0 Å². The molecule has 1 rings (SSSR count). The monoisotopic (exact) mass is 271 g/mol. The molecule has 0 fully saturated rings. The van der Waals surface area contributed by atoms with Crippen LogP contribution in [0.5, 0.6) is 0 Å². The number of carbonyl (C=O) groups excluding carboxylic acids is 2. The van der Waals surface area contributed by atoms with Crippen molar-refractivity contribution in [2.45, 2.75) is 26.4 Å². The van der Waals surface area contributed by atoms with E-state index in [0.717, 1.165) is 0 Å². The number of benzene rings is 1. The lowest BCUT2D eigenvalue weighted by Crippen LogP contribution is -2.34. The van der Waals surface area contributed by atoms with Crippen molar-refractivity contribution in [2.24, 2.45) is 0 Å². The Morgan fingerprint density at radius 3 is 2.22 bits per heavy atom. The largest absolute Gasteiger partial charge is 0.442 e. The highest BCUT2D eigenvalue weighted by molar-refractivity contribution is 6.30. The maximum Gasteiger partial charge on any atom is 0.441 e. The highest BCUT2D eigenvalue weighted by atomic mass is 35.5. The Labute approximate surface area is 110 Å². The average molecular weight is 272 g/mol. The molecule has 0 unspecified atom stereocenters. The zero-order chi connectivity index (χ0) is 13.8. The Hall–Kier alpha value is -1.75. The van der Waals surface area contributed by atoms with Crippen LogP contribution in [0.15, 0.2) is 24.3 Å². The lowest BCUT2D eigenvalue weighted by atomic mass is 10.2. The van der Waals surface area contributed by atoms with Crippen molar-refractivity contribution in [1.82, 2.24) is 5.48 Å². The van der Waals surface area contributed by atoms with Gasteiger partial charge in [0.25, 0.3) is 0 Å². The van der Waals surface area contributed by atoms with Crippen LogP contribution >= 0.6 is 11.6 Å². The van der Waals surface area contributed by atoms with Gasteiger partial charge in [-0.15, -0.1) is 5.48 Å². The minimum Gasteiger partial charge on any atom is -0.442 e. The van der Waals surface area contributed by atoms with Gasteiger partial charge in [-0.1, -0.05) is 11.6 Å². The summed E-state index contributed by atoms with van der Waals surface area (Å²) in [7, 11) is 0. The minimum atomic E-state index is -0.829. The molecule has 98 valence electrons. The second-order valence-corrected chi connectivity index (χ2v) is 4.94. The first kappa shape index (κ1) is 14.3. The van der Waals surface area contributed by atoms with Gasteiger partial charge in [0.2, 0.25) is 0 Å². The fourth-order valence-corrected chi connectivity index (χ4v) is 1.16. The number of hydroxylamine groups is 1. The standard InChI is InChI=1S/C12H14ClNO4/c1-12(2,3)17-11(16)14-18-10(15)8-4-6-9(13)7-5-8/h4-7H,1-3H3,(H,14,16). The normalized spacial score (nSPS) is 10.7. The lowest BCUT2D eigenvalue weighted by molar-refractivity contribution is -0.00129. The molecule has 0 heterocycles. The Morgan fingerprint density at radius 2 is 1.72 bits per heavy atom. The molecule has 6 heteroatoms. The second-order valence-electron chi connectivity index (χ2n) is 4.50. The van der Waals surface area contributed by atoms with Gasteiger partial charge in [-0.25, -0.2) is 9.59 Å². The minimum absolute atomic E-state index is 0.274. The quantitative estimate of drug-likeness (QED) is 0.798. The zero-order valence-electron chi connectivity index (χ0n) is 10.3. The molecule has 0 bridgehead atoms. The van der Waals surface area contributed by atoms with E-state index in [1.807, 2.05) is 5.48 Å². The summed E-state index contributed by atoms with van der Waals surface area (Å²) in [6.07, 6.45) is -0.829. The smallest absolute Gasteiger partial charge is 0.441 e. The van der Waals surface area contributed by atoms with Crippen LogP contribution in [0.4, 0.5) is 4.79 Å². The van der Waals surface area contributed by atoms with Crippen LogP contribution < -0.4 is 5.48 Å². The number of halogens is 1. The molecule has 0 atom stereocenters. The van der Waals surface area contributed by atoms with Crippen LogP contribution in [-0.4, -0.2) is 17.7 Å². The molecule has 1 aromatic carbocycles. The van der Waals surface area contributed by atoms with Gasteiger partial charge in [0, 0.05) is 5.02 Å². The van der Waals surface area contributed by atoms with E-state index in [0.29, 0.717) is 5.02 Å². The first-order chi connectivity index (χ1) is 8.28. The molecule has 1 N–H and O–H groups in total. The van der Waals surface area contributed by atoms with E-state index in [1.54, 1.807) is 32.9 Å². The summed E-state index contributed by atoms with van der Waals surface area (Å²) < 4.78 is 4.89. The summed E-state index contributed by atoms with van der Waals surface area (Å²) in [5.41, 5.74) is 1.53. The number of rotatable bonds is 1. The van der Waals surface area contributed by atoms with Gasteiger partial charge in [0.05, 0.1) is 5.56 Å². The van der Waals surface area contributed by atoms with E-state index in [-0.39, 0.29) is 5.56 Å². The number of hydrogen-bond donors (Lipinski definition) is 1. The fourth-order valence-electron chi connectivity index (χ4n) is 1.03. The van der Waals surface area contributed by atoms with E-state index in [2.05, 4.69) is 4.84 Å². The van der Waals surface area contributed by atoms with E-state index in [4.69, 9.17) is 16.3 Å². The molecule has 1 amide bonds. The summed E-state index contributed by atoms with van der Waals surface area (Å²) in [6.45, 7) is 5.11. The van der Waals surface area contributed by atoms with Crippen LogP contribution in [0, 0.1) is 0 Å². The first-order valence-corrected chi connectivity index (χ1v) is 5.61. The van der Waals surface area contributed by atoms with Crippen molar-refractivity contribution >= 4 is 23.7 Å². The third kappa shape index (κ3) is 5.05. The number of nitrogens with one attached hydrogen (secondary N) is 1. The van der Waals surface area contributed by atoms with Crippen LogP contribution in [0.1, 0.15) is 31.1 Å². The Balaban J connectivity index is 2.47. The van der Waals surface area contributed by atoms with Crippen molar-refractivity contribution in [2.75, 3.05) is 0 Å². The molecule has 0 saturated heterocycles. The average Bonchev–Trinajstić information content (AvgIpc) is 2.24. The number of ether oxygens (including phenoxy) is 1. The summed E-state index contributed by atoms with van der Waals surface area (Å²) in [5.74, 6) is -0.697. The number of carbonyl (C=O) groups is 2. The predicted octanol–water partition coefficient (Wildman–Crippen LogP) is 2.94. The molecule has 0 aliphatic heterocycles. The molecule has 5 nitrogen and oxygen atoms in total. The Kier molecular flexibility index (Phi) is 4.55. The summed E-state index contributed by atoms with van der Waals surface area (Å²) >= 11 is 5.67. The highest BCUT2D eigenvalue weighted by Crippen LogP contribution is 2.10. The van der Waals surface area contributed by atoms with Gasteiger partial charge in [-0.05, 0) is 45.0 Å². The number of amides is 1. The van der Waals surface area contributed by atoms with Gasteiger partial charge < -0.3 is 9.57 Å². The topological polar surface area (TPSA) is 64.6 Å². The van der Waals surface area contributed by atoms with E-state index in [9.17, 15) is 9.59 Å². The first-order valence-electron chi connectivity index (χ1n) is 5.24. The molecule has 0 spiro atoms. The van der Waals surface area contributed by atoms with E-state index < -0.39 is 17.7 Å². The molecule has 1 aromatic rings. The lowest BCUT2D eigenvalue weighted by Gasteiger charge is -2.19. The maximum atomic E-state index is 11.5. The third-order valence-electron chi connectivity index (χ3n) is 1.71. The van der Waals surface area contributed by atoms with Crippen molar-refractivity contribution in [1.29, 1.82) is 0 Å². The Bertz CT molecular complexity index is 436. The summed E-state index contributed by atoms with van der Waals surface area (Å²) in [5, 5.41) is 0.506. The van der Waals surface area contributed by atoms with Crippen molar-refractivity contribution in [3.8, 4) is 0 Å². The summed E-state index contributed by atoms with van der Waals surface area (Å²) in [4.78, 5) is 27.3. The maximum absolute atomic E-state index is 11.5. The van der Waals surface area contributed by atoms with Crippen molar-refractivity contribution < 1.29 is 19.2 Å². The van der Waals surface area contributed by atoms with E-state index in [1.165, 1.54) is 12.1 Å². The highest BCUT2D eigenvalue weighted by Gasteiger charge is 2.17. The van der Waals surface area contributed by atoms with Gasteiger partial charge in [-0.3, -0.25) is 0 Å². The SMILES string of the molecule is CC(C)(C)OC(=O)NOC(=O)c1ccc(Cl)cc1. The third-order valence-corrected chi connectivity index (χ3v) is 1.96. The summed E-state index contributed by atoms with van der Waals surface area (Å²) in [6, 6.07) is 6.07. The van der Waals surface area contributed by atoms with Gasteiger partial charge >= 0.3 is 12.1 Å². The van der Waals surface area contributed by atoms with Gasteiger partial charge in [0.15, 0.2) is 0 Å². The molecule has 18 heavy (non-hydrogen) atoms. The van der Waals surface area contributed by atoms with Crippen LogP contribution in [0.25, 0.3) is 0 Å². The molecule has 0 aromatic heterocycles. The fraction of sp³-hybridized carbons (Fsp3) is 0.333. The molecule has 0 saturated carbocycles. The van der Waals surface area contributed by atoms with Crippen LogP contribution in [0.2, 0.25) is 5.02 Å². The van der Waals surface area contributed by atoms with Gasteiger partial charge in [-0.2, -0.15) is 0 Å². The molecule has 0 aliphatic carbocycles. The van der Waals surface area contributed by atoms with E-state index >= 15 is 0 Å². The molecular weight excluding hydrogens is 258 g/mol. The Morgan fingerprint density at radius 1 is 1.17 bits per heavy atom. The van der Waals surface area contributed by atoms with Crippen LogP contribution in [-0.2, 0) is 9.57 Å². The molecule has 0 radical (unpaired) electrons. The molecule has 0 aliphatic rings. The van der Waals surface area contributed by atoms with Gasteiger partial charge in [0.1, 0.15) is 5.60 Å².